The average Bonchev–Trinajstić information content (AvgIpc) is 2.41. The van der Waals surface area contributed by atoms with E-state index in [0.717, 1.165) is 4.68 Å². The second-order valence-electron chi connectivity index (χ2n) is 2.63. The fourth-order valence-electron chi connectivity index (χ4n) is 1.04. The normalized spacial score (nSPS) is 11.8. The van der Waals surface area contributed by atoms with Crippen molar-refractivity contribution in [1.29, 1.82) is 0 Å². The molecule has 0 aliphatic carbocycles. The summed E-state index contributed by atoms with van der Waals surface area (Å²) in [5, 5.41) is 11.9. The Bertz CT molecular complexity index is 400. The van der Waals surface area contributed by atoms with Crippen LogP contribution in [0.15, 0.2) is 0 Å². The van der Waals surface area contributed by atoms with Crippen LogP contribution in [-0.4, -0.2) is 20.9 Å². The Kier molecular flexibility index (Phi) is 3.26. The molecule has 0 aliphatic heterocycles. The van der Waals surface area contributed by atoms with Crippen LogP contribution in [0.4, 0.5) is 13.2 Å². The molecule has 4 nitrogen and oxygen atoms in total. The quantitative estimate of drug-likeness (QED) is 0.844. The fraction of sp³-hybridized carbons (Fsp3) is 0.429. The van der Waals surface area contributed by atoms with E-state index in [2.05, 4.69) is 5.10 Å². The first kappa shape index (κ1) is 12.3. The second-order valence-corrected chi connectivity index (χ2v) is 3.65. The molecule has 0 aromatic carbocycles. The zero-order valence-electron chi connectivity index (χ0n) is 7.47. The lowest BCUT2D eigenvalue weighted by Crippen LogP contribution is -2.12. The van der Waals surface area contributed by atoms with Gasteiger partial charge in [-0.1, -0.05) is 0 Å². The van der Waals surface area contributed by atoms with E-state index >= 15 is 0 Å². The summed E-state index contributed by atoms with van der Waals surface area (Å²) in [6.07, 6.45) is -4.74. The van der Waals surface area contributed by atoms with Crippen molar-refractivity contribution in [2.45, 2.75) is 19.6 Å². The second kappa shape index (κ2) is 3.99. The highest BCUT2D eigenvalue weighted by molar-refractivity contribution is 14.1. The zero-order valence-corrected chi connectivity index (χ0v) is 9.63. The van der Waals surface area contributed by atoms with Gasteiger partial charge in [-0.05, 0) is 29.5 Å². The summed E-state index contributed by atoms with van der Waals surface area (Å²) in [6, 6.07) is 0. The highest BCUT2D eigenvalue weighted by atomic mass is 127. The number of carbonyl (C=O) groups is 1. The lowest BCUT2D eigenvalue weighted by atomic mass is 10.2. The molecule has 0 fully saturated rings. The molecule has 0 unspecified atom stereocenters. The molecule has 0 saturated heterocycles. The molecule has 84 valence electrons. The summed E-state index contributed by atoms with van der Waals surface area (Å²) in [6.45, 7) is 1.77. The number of aryl methyl sites for hydroxylation is 1. The van der Waals surface area contributed by atoms with Gasteiger partial charge in [0.2, 0.25) is 0 Å². The summed E-state index contributed by atoms with van der Waals surface area (Å²) in [5.74, 6) is -1.62. The maximum absolute atomic E-state index is 12.4. The smallest absolute Gasteiger partial charge is 0.436 e. The topological polar surface area (TPSA) is 55.1 Å². The minimum atomic E-state index is -4.74. The summed E-state index contributed by atoms with van der Waals surface area (Å²) in [5.41, 5.74) is -2.13. The van der Waals surface area contributed by atoms with Crippen molar-refractivity contribution < 1.29 is 23.1 Å². The third-order valence-electron chi connectivity index (χ3n) is 1.67. The maximum Gasteiger partial charge on any atom is 0.436 e. The summed E-state index contributed by atoms with van der Waals surface area (Å²) in [4.78, 5) is 10.7. The summed E-state index contributed by atoms with van der Waals surface area (Å²) >= 11 is 1.54. The van der Waals surface area contributed by atoms with E-state index < -0.39 is 23.4 Å². The minimum absolute atomic E-state index is 0.0186. The van der Waals surface area contributed by atoms with Crippen LogP contribution in [0.2, 0.25) is 0 Å². The predicted molar refractivity (Wildman–Crippen MR) is 52.6 cm³/mol. The number of hydrogen-bond donors (Lipinski definition) is 1. The average molecular weight is 334 g/mol. The molecule has 1 rings (SSSR count). The Morgan fingerprint density at radius 3 is 2.40 bits per heavy atom. The van der Waals surface area contributed by atoms with Gasteiger partial charge in [-0.2, -0.15) is 18.3 Å². The maximum atomic E-state index is 12.4. The Labute approximate surface area is 96.2 Å². The van der Waals surface area contributed by atoms with Gasteiger partial charge in [0.25, 0.3) is 0 Å². The van der Waals surface area contributed by atoms with Crippen LogP contribution in [0.1, 0.15) is 23.0 Å². The van der Waals surface area contributed by atoms with Crippen molar-refractivity contribution in [1.82, 2.24) is 9.78 Å². The Morgan fingerprint density at radius 1 is 1.60 bits per heavy atom. The van der Waals surface area contributed by atoms with Crippen molar-refractivity contribution in [2.75, 3.05) is 0 Å². The van der Waals surface area contributed by atoms with Gasteiger partial charge in [-0.15, -0.1) is 0 Å². The van der Waals surface area contributed by atoms with Gasteiger partial charge < -0.3 is 5.11 Å². The molecule has 0 bridgehead atoms. The molecule has 1 heterocycles. The number of hydrogen-bond acceptors (Lipinski definition) is 2. The molecular formula is C7H6F3IN2O2. The Morgan fingerprint density at radius 2 is 2.13 bits per heavy atom. The van der Waals surface area contributed by atoms with Crippen molar-refractivity contribution >= 4 is 28.6 Å². The molecule has 0 spiro atoms. The summed E-state index contributed by atoms with van der Waals surface area (Å²) in [7, 11) is 0. The van der Waals surface area contributed by atoms with Crippen molar-refractivity contribution in [2.24, 2.45) is 0 Å². The third kappa shape index (κ3) is 2.24. The molecule has 0 amide bonds. The van der Waals surface area contributed by atoms with Crippen molar-refractivity contribution in [3.8, 4) is 0 Å². The number of halogens is 4. The molecule has 0 aliphatic rings. The lowest BCUT2D eigenvalue weighted by Gasteiger charge is -2.02. The Balaban J connectivity index is 3.45. The minimum Gasteiger partial charge on any atom is -0.478 e. The van der Waals surface area contributed by atoms with Gasteiger partial charge in [0, 0.05) is 6.54 Å². The van der Waals surface area contributed by atoms with E-state index in [4.69, 9.17) is 5.11 Å². The van der Waals surface area contributed by atoms with E-state index in [9.17, 15) is 18.0 Å². The van der Waals surface area contributed by atoms with Crippen LogP contribution in [0.3, 0.4) is 0 Å². The van der Waals surface area contributed by atoms with Crippen LogP contribution in [0, 0.1) is 3.70 Å². The van der Waals surface area contributed by atoms with E-state index in [1.165, 1.54) is 22.6 Å². The van der Waals surface area contributed by atoms with Crippen LogP contribution in [0.5, 0.6) is 0 Å². The number of alkyl halides is 3. The first-order valence-electron chi connectivity index (χ1n) is 3.85. The third-order valence-corrected chi connectivity index (χ3v) is 2.77. The number of carboxylic acids is 1. The van der Waals surface area contributed by atoms with Crippen LogP contribution in [-0.2, 0) is 12.7 Å². The van der Waals surface area contributed by atoms with E-state index in [0.29, 0.717) is 0 Å². The zero-order chi connectivity index (χ0) is 11.8. The van der Waals surface area contributed by atoms with Crippen LogP contribution in [0.25, 0.3) is 0 Å². The molecule has 15 heavy (non-hydrogen) atoms. The van der Waals surface area contributed by atoms with Gasteiger partial charge in [0.1, 0.15) is 9.26 Å². The molecule has 0 radical (unpaired) electrons. The molecular weight excluding hydrogens is 328 g/mol. The highest BCUT2D eigenvalue weighted by Gasteiger charge is 2.41. The van der Waals surface area contributed by atoms with E-state index in [-0.39, 0.29) is 10.2 Å². The number of carboxylic acid groups (broad SMARTS) is 1. The number of nitrogens with zero attached hydrogens (tertiary/aromatic N) is 2. The fourth-order valence-corrected chi connectivity index (χ4v) is 1.97. The molecule has 1 aromatic rings. The standard InChI is InChI=1S/C7H6F3IN2O2/c1-2-13-5(11)3(6(14)15)4(12-13)7(8,9)10/h2H2,1H3,(H,14,15). The predicted octanol–water partition coefficient (Wildman–Crippen LogP) is 2.22. The molecule has 0 saturated carbocycles. The first-order valence-corrected chi connectivity index (χ1v) is 4.93. The molecule has 0 atom stereocenters. The highest BCUT2D eigenvalue weighted by Crippen LogP contribution is 2.33. The molecule has 1 N–H and O–H groups in total. The van der Waals surface area contributed by atoms with Gasteiger partial charge in [-0.3, -0.25) is 4.68 Å². The monoisotopic (exact) mass is 334 g/mol. The SMILES string of the molecule is CCn1nc(C(F)(F)F)c(C(=O)O)c1I. The summed E-state index contributed by atoms with van der Waals surface area (Å²) < 4.78 is 38.2. The number of rotatable bonds is 2. The van der Waals surface area contributed by atoms with Gasteiger partial charge in [-0.25, -0.2) is 4.79 Å². The van der Waals surface area contributed by atoms with Gasteiger partial charge >= 0.3 is 12.1 Å². The lowest BCUT2D eigenvalue weighted by molar-refractivity contribution is -0.142. The molecule has 8 heteroatoms. The van der Waals surface area contributed by atoms with E-state index in [1.807, 2.05) is 0 Å². The first-order chi connectivity index (χ1) is 6.79. The molecule has 1 aromatic heterocycles. The number of aromatic nitrogens is 2. The van der Waals surface area contributed by atoms with E-state index in [1.54, 1.807) is 6.92 Å². The number of aromatic carboxylic acids is 1. The van der Waals surface area contributed by atoms with Crippen molar-refractivity contribution in [3.05, 3.63) is 15.0 Å². The van der Waals surface area contributed by atoms with Crippen LogP contribution >= 0.6 is 22.6 Å². The van der Waals surface area contributed by atoms with Crippen LogP contribution < -0.4 is 0 Å². The van der Waals surface area contributed by atoms with Crippen molar-refractivity contribution in [3.63, 3.8) is 0 Å². The Hall–Kier alpha value is -0.800. The largest absolute Gasteiger partial charge is 0.478 e. The van der Waals surface area contributed by atoms with Gasteiger partial charge in [0.15, 0.2) is 5.69 Å². The van der Waals surface area contributed by atoms with Gasteiger partial charge in [0.05, 0.1) is 0 Å².